The van der Waals surface area contributed by atoms with Gasteiger partial charge in [-0.15, -0.1) is 0 Å². The van der Waals surface area contributed by atoms with Crippen LogP contribution in [0.15, 0.2) is 46.9 Å². The Morgan fingerprint density at radius 1 is 1.00 bits per heavy atom. The van der Waals surface area contributed by atoms with Gasteiger partial charge in [0.05, 0.1) is 19.0 Å². The third kappa shape index (κ3) is 6.00. The van der Waals surface area contributed by atoms with Gasteiger partial charge in [0.1, 0.15) is 0 Å². The van der Waals surface area contributed by atoms with E-state index in [1.54, 1.807) is 12.1 Å². The summed E-state index contributed by atoms with van der Waals surface area (Å²) in [5, 5.41) is 0. The van der Waals surface area contributed by atoms with E-state index in [2.05, 4.69) is 20.7 Å². The largest absolute Gasteiger partial charge is 0.490 e. The van der Waals surface area contributed by atoms with Gasteiger partial charge in [-0.1, -0.05) is 34.1 Å². The van der Waals surface area contributed by atoms with Crippen molar-refractivity contribution < 1.29 is 17.9 Å². The van der Waals surface area contributed by atoms with Gasteiger partial charge in [-0.3, -0.25) is 0 Å². The fourth-order valence-corrected chi connectivity index (χ4v) is 4.17. The number of ether oxygens (including phenoxy) is 2. The van der Waals surface area contributed by atoms with Crippen LogP contribution in [-0.2, 0) is 15.8 Å². The van der Waals surface area contributed by atoms with Crippen LogP contribution in [0.5, 0.6) is 11.5 Å². The summed E-state index contributed by atoms with van der Waals surface area (Å²) in [4.78, 5) is 0. The van der Waals surface area contributed by atoms with Gasteiger partial charge >= 0.3 is 0 Å². The minimum absolute atomic E-state index is 0.0695. The molecule has 0 amide bonds. The zero-order valence-electron chi connectivity index (χ0n) is 15.2. The molecule has 1 atom stereocenters. The summed E-state index contributed by atoms with van der Waals surface area (Å²) >= 11 is 3.35. The summed E-state index contributed by atoms with van der Waals surface area (Å²) in [6.45, 7) is 6.65. The predicted octanol–water partition coefficient (Wildman–Crippen LogP) is 4.43. The first kappa shape index (κ1) is 20.7. The Labute approximate surface area is 163 Å². The lowest BCUT2D eigenvalue weighted by Gasteiger charge is -2.17. The van der Waals surface area contributed by atoms with Gasteiger partial charge in [0.15, 0.2) is 11.5 Å². The molecule has 2 aromatic carbocycles. The second-order valence-electron chi connectivity index (χ2n) is 5.80. The van der Waals surface area contributed by atoms with Gasteiger partial charge in [0, 0.05) is 10.5 Å². The third-order valence-corrected chi connectivity index (χ3v) is 5.65. The van der Waals surface area contributed by atoms with Crippen LogP contribution in [0.2, 0.25) is 0 Å². The summed E-state index contributed by atoms with van der Waals surface area (Å²) in [6.07, 6.45) is 0. The monoisotopic (exact) mass is 441 g/mol. The van der Waals surface area contributed by atoms with Crippen molar-refractivity contribution in [1.82, 2.24) is 4.72 Å². The lowest BCUT2D eigenvalue weighted by atomic mass is 10.1. The molecule has 0 saturated carbocycles. The molecule has 0 spiro atoms. The first-order valence-electron chi connectivity index (χ1n) is 8.48. The average molecular weight is 442 g/mol. The van der Waals surface area contributed by atoms with Gasteiger partial charge in [0.2, 0.25) is 10.0 Å². The summed E-state index contributed by atoms with van der Waals surface area (Å²) in [5.41, 5.74) is 1.55. The number of rotatable bonds is 9. The zero-order valence-corrected chi connectivity index (χ0v) is 17.6. The molecule has 0 aromatic heterocycles. The molecule has 26 heavy (non-hydrogen) atoms. The fraction of sp³-hybridized carbons (Fsp3) is 0.368. The van der Waals surface area contributed by atoms with Crippen molar-refractivity contribution in [2.45, 2.75) is 32.6 Å². The smallest absolute Gasteiger partial charge is 0.216 e. The molecule has 5 nitrogen and oxygen atoms in total. The average Bonchev–Trinajstić information content (AvgIpc) is 2.58. The number of nitrogens with one attached hydrogen (secondary N) is 1. The first-order valence-corrected chi connectivity index (χ1v) is 10.9. The van der Waals surface area contributed by atoms with Gasteiger partial charge in [0.25, 0.3) is 0 Å². The van der Waals surface area contributed by atoms with Crippen molar-refractivity contribution in [2.75, 3.05) is 13.2 Å². The van der Waals surface area contributed by atoms with E-state index in [-0.39, 0.29) is 11.8 Å². The molecule has 0 aliphatic heterocycles. The summed E-state index contributed by atoms with van der Waals surface area (Å²) in [5.74, 6) is 1.20. The molecule has 2 rings (SSSR count). The van der Waals surface area contributed by atoms with Crippen LogP contribution in [0.4, 0.5) is 0 Å². The fourth-order valence-electron chi connectivity index (χ4n) is 2.52. The van der Waals surface area contributed by atoms with Gasteiger partial charge in [-0.25, -0.2) is 13.1 Å². The molecule has 1 unspecified atom stereocenters. The van der Waals surface area contributed by atoms with E-state index in [9.17, 15) is 8.42 Å². The molecule has 142 valence electrons. The van der Waals surface area contributed by atoms with E-state index in [0.29, 0.717) is 24.7 Å². The van der Waals surface area contributed by atoms with Crippen LogP contribution < -0.4 is 14.2 Å². The van der Waals surface area contributed by atoms with Crippen LogP contribution in [0.1, 0.15) is 37.9 Å². The Hall–Kier alpha value is -1.57. The van der Waals surface area contributed by atoms with E-state index in [1.165, 1.54) is 0 Å². The zero-order chi connectivity index (χ0) is 19.2. The highest BCUT2D eigenvalue weighted by Gasteiger charge is 2.18. The Balaban J connectivity index is 2.13. The van der Waals surface area contributed by atoms with E-state index in [4.69, 9.17) is 9.47 Å². The highest BCUT2D eigenvalue weighted by atomic mass is 79.9. The normalized spacial score (nSPS) is 12.6. The Morgan fingerprint density at radius 2 is 1.62 bits per heavy atom. The third-order valence-electron chi connectivity index (χ3n) is 3.69. The molecular formula is C19H24BrNO4S. The number of benzene rings is 2. The van der Waals surface area contributed by atoms with Crippen molar-refractivity contribution in [3.63, 3.8) is 0 Å². The molecule has 2 aromatic rings. The SMILES string of the molecule is CCOc1ccc(C(C)NS(=O)(=O)Cc2ccc(Br)cc2)cc1OCC. The summed E-state index contributed by atoms with van der Waals surface area (Å²) in [7, 11) is -3.48. The number of sulfonamides is 1. The molecule has 0 radical (unpaired) electrons. The predicted molar refractivity (Wildman–Crippen MR) is 107 cm³/mol. The second kappa shape index (κ2) is 9.39. The van der Waals surface area contributed by atoms with Crippen molar-refractivity contribution >= 4 is 26.0 Å². The van der Waals surface area contributed by atoms with Crippen molar-refractivity contribution in [1.29, 1.82) is 0 Å². The van der Waals surface area contributed by atoms with Crippen LogP contribution >= 0.6 is 15.9 Å². The van der Waals surface area contributed by atoms with Crippen molar-refractivity contribution in [2.24, 2.45) is 0 Å². The molecule has 7 heteroatoms. The highest BCUT2D eigenvalue weighted by molar-refractivity contribution is 9.10. The topological polar surface area (TPSA) is 64.6 Å². The number of hydrogen-bond donors (Lipinski definition) is 1. The lowest BCUT2D eigenvalue weighted by molar-refractivity contribution is 0.287. The Morgan fingerprint density at radius 3 is 2.23 bits per heavy atom. The molecule has 0 fully saturated rings. The molecule has 0 bridgehead atoms. The van der Waals surface area contributed by atoms with Crippen molar-refractivity contribution in [3.8, 4) is 11.5 Å². The Kier molecular flexibility index (Phi) is 7.49. The van der Waals surface area contributed by atoms with E-state index < -0.39 is 10.0 Å². The molecule has 1 N–H and O–H groups in total. The highest BCUT2D eigenvalue weighted by Crippen LogP contribution is 2.31. The van der Waals surface area contributed by atoms with Gasteiger partial charge in [-0.05, 0) is 56.2 Å². The molecular weight excluding hydrogens is 418 g/mol. The van der Waals surface area contributed by atoms with Gasteiger partial charge in [-0.2, -0.15) is 0 Å². The molecule has 0 heterocycles. The van der Waals surface area contributed by atoms with Crippen LogP contribution in [0.3, 0.4) is 0 Å². The minimum atomic E-state index is -3.48. The maximum Gasteiger partial charge on any atom is 0.216 e. The molecule has 0 saturated heterocycles. The lowest BCUT2D eigenvalue weighted by Crippen LogP contribution is -2.28. The standard InChI is InChI=1S/C19H24BrNO4S/c1-4-24-18-11-8-16(12-19(18)25-5-2)14(3)21-26(22,23)13-15-6-9-17(20)10-7-15/h6-12,14,21H,4-5,13H2,1-3H3. The maximum absolute atomic E-state index is 12.5. The summed E-state index contributed by atoms with van der Waals surface area (Å²) in [6, 6.07) is 12.3. The van der Waals surface area contributed by atoms with Crippen LogP contribution in [-0.4, -0.2) is 21.6 Å². The number of halogens is 1. The second-order valence-corrected chi connectivity index (χ2v) is 8.47. The van der Waals surface area contributed by atoms with Gasteiger partial charge < -0.3 is 9.47 Å². The minimum Gasteiger partial charge on any atom is -0.490 e. The quantitative estimate of drug-likeness (QED) is 0.624. The molecule has 0 aliphatic carbocycles. The van der Waals surface area contributed by atoms with E-state index in [0.717, 1.165) is 15.6 Å². The maximum atomic E-state index is 12.5. The van der Waals surface area contributed by atoms with E-state index >= 15 is 0 Å². The molecule has 0 aliphatic rings. The number of hydrogen-bond acceptors (Lipinski definition) is 4. The Bertz CT molecular complexity index is 822. The van der Waals surface area contributed by atoms with Crippen molar-refractivity contribution in [3.05, 3.63) is 58.1 Å². The summed E-state index contributed by atoms with van der Waals surface area (Å²) < 4.78 is 39.7. The van der Waals surface area contributed by atoms with Crippen LogP contribution in [0.25, 0.3) is 0 Å². The first-order chi connectivity index (χ1) is 12.3. The van der Waals surface area contributed by atoms with Crippen LogP contribution in [0, 0.1) is 0 Å². The van der Waals surface area contributed by atoms with E-state index in [1.807, 2.05) is 51.1 Å².